The summed E-state index contributed by atoms with van der Waals surface area (Å²) >= 11 is 0. The third-order valence-corrected chi connectivity index (χ3v) is 4.88. The lowest BCUT2D eigenvalue weighted by Gasteiger charge is -2.38. The standard InChI is InChI=1S/C16H19F3N6O3/c1-9(20)28-13-7-25-10(16(17,18)19)2-3-24-14(26)6-11(22-15(24)25)23-4-5-27-8-12(23)21-13/h6,10,12,20H,2-5,7-8H2,1H3/b20-9?,21-13-/t10-,12-/m0/s1. The van der Waals surface area contributed by atoms with Crippen molar-refractivity contribution in [2.24, 2.45) is 4.99 Å². The lowest BCUT2D eigenvalue weighted by molar-refractivity contribution is -0.152. The molecule has 1 fully saturated rings. The average molecular weight is 400 g/mol. The van der Waals surface area contributed by atoms with Crippen LogP contribution in [-0.2, 0) is 16.0 Å². The van der Waals surface area contributed by atoms with Gasteiger partial charge in [0.1, 0.15) is 18.0 Å². The Morgan fingerprint density at radius 1 is 1.36 bits per heavy atom. The van der Waals surface area contributed by atoms with Crippen LogP contribution in [0.5, 0.6) is 0 Å². The van der Waals surface area contributed by atoms with Crippen LogP contribution < -0.4 is 15.4 Å². The van der Waals surface area contributed by atoms with Gasteiger partial charge in [-0.15, -0.1) is 0 Å². The third kappa shape index (κ3) is 3.32. The largest absolute Gasteiger partial charge is 0.428 e. The number of aromatic nitrogens is 2. The summed E-state index contributed by atoms with van der Waals surface area (Å²) in [4.78, 5) is 24.1. The Balaban J connectivity index is 1.89. The van der Waals surface area contributed by atoms with Crippen molar-refractivity contribution >= 4 is 23.6 Å². The van der Waals surface area contributed by atoms with E-state index in [0.717, 1.165) is 4.90 Å². The Morgan fingerprint density at radius 3 is 2.86 bits per heavy atom. The minimum atomic E-state index is -4.52. The number of rotatable bonds is 0. The maximum absolute atomic E-state index is 13.7. The highest BCUT2D eigenvalue weighted by Crippen LogP contribution is 2.35. The van der Waals surface area contributed by atoms with E-state index in [9.17, 15) is 18.0 Å². The van der Waals surface area contributed by atoms with E-state index in [0.29, 0.717) is 13.2 Å². The highest BCUT2D eigenvalue weighted by atomic mass is 19.4. The second kappa shape index (κ2) is 6.76. The number of halogens is 3. The van der Waals surface area contributed by atoms with E-state index in [1.54, 1.807) is 4.90 Å². The highest BCUT2D eigenvalue weighted by Gasteiger charge is 2.48. The van der Waals surface area contributed by atoms with Gasteiger partial charge in [0.2, 0.25) is 11.8 Å². The fraction of sp³-hybridized carbons (Fsp3) is 0.625. The summed E-state index contributed by atoms with van der Waals surface area (Å²) in [5.74, 6) is -0.0533. The molecule has 0 aromatic carbocycles. The van der Waals surface area contributed by atoms with Crippen LogP contribution in [0, 0.1) is 5.41 Å². The van der Waals surface area contributed by atoms with Gasteiger partial charge in [-0.1, -0.05) is 0 Å². The second-order valence-electron chi connectivity index (χ2n) is 6.81. The molecule has 2 atom stereocenters. The quantitative estimate of drug-likeness (QED) is 0.515. The molecule has 0 amide bonds. The number of aliphatic imine (C=N–C) groups is 1. The van der Waals surface area contributed by atoms with Gasteiger partial charge in [0.05, 0.1) is 19.8 Å². The number of fused-ring (bicyclic) bond motifs is 3. The van der Waals surface area contributed by atoms with E-state index in [1.165, 1.54) is 17.6 Å². The Labute approximate surface area is 157 Å². The van der Waals surface area contributed by atoms with Crippen LogP contribution in [0.4, 0.5) is 24.9 Å². The summed E-state index contributed by atoms with van der Waals surface area (Å²) in [6.45, 7) is 1.86. The molecule has 4 heterocycles. The second-order valence-corrected chi connectivity index (χ2v) is 6.81. The average Bonchev–Trinajstić information content (AvgIpc) is 2.65. The first-order valence-corrected chi connectivity index (χ1v) is 8.83. The smallest absolute Gasteiger partial charge is 0.408 e. The molecule has 1 aromatic rings. The molecule has 1 aromatic heterocycles. The molecule has 0 unspecified atom stereocenters. The number of hydrogen-bond donors (Lipinski definition) is 1. The van der Waals surface area contributed by atoms with Crippen LogP contribution in [0.25, 0.3) is 0 Å². The van der Waals surface area contributed by atoms with Gasteiger partial charge in [-0.05, 0) is 6.42 Å². The zero-order valence-electron chi connectivity index (χ0n) is 15.1. The Morgan fingerprint density at radius 2 is 2.14 bits per heavy atom. The number of nitrogens with zero attached hydrogens (tertiary/aromatic N) is 5. The first-order chi connectivity index (χ1) is 13.2. The predicted octanol–water partition coefficient (Wildman–Crippen LogP) is 0.973. The molecular weight excluding hydrogens is 381 g/mol. The van der Waals surface area contributed by atoms with Crippen LogP contribution in [0.15, 0.2) is 15.9 Å². The molecular formula is C16H19F3N6O3. The van der Waals surface area contributed by atoms with E-state index in [1.807, 2.05) is 0 Å². The third-order valence-electron chi connectivity index (χ3n) is 4.88. The maximum Gasteiger partial charge on any atom is 0.408 e. The van der Waals surface area contributed by atoms with Crippen LogP contribution in [-0.4, -0.2) is 66.0 Å². The molecule has 0 aliphatic carbocycles. The van der Waals surface area contributed by atoms with E-state index in [-0.39, 0.29) is 49.7 Å². The zero-order valence-corrected chi connectivity index (χ0v) is 15.1. The molecule has 0 radical (unpaired) electrons. The molecule has 1 saturated heterocycles. The first kappa shape index (κ1) is 18.7. The summed E-state index contributed by atoms with van der Waals surface area (Å²) in [5.41, 5.74) is -0.413. The molecule has 3 aliphatic heterocycles. The monoisotopic (exact) mass is 400 g/mol. The summed E-state index contributed by atoms with van der Waals surface area (Å²) in [7, 11) is 0. The van der Waals surface area contributed by atoms with E-state index >= 15 is 0 Å². The van der Waals surface area contributed by atoms with Crippen LogP contribution in [0.3, 0.4) is 0 Å². The van der Waals surface area contributed by atoms with Crippen LogP contribution in [0.1, 0.15) is 13.3 Å². The summed E-state index contributed by atoms with van der Waals surface area (Å²) in [6, 6.07) is -0.516. The van der Waals surface area contributed by atoms with Crippen molar-refractivity contribution in [3.8, 4) is 0 Å². The molecule has 4 rings (SSSR count). The molecule has 0 spiro atoms. The molecule has 2 bridgehead atoms. The first-order valence-electron chi connectivity index (χ1n) is 8.83. The Kier molecular flexibility index (Phi) is 4.52. The van der Waals surface area contributed by atoms with Gasteiger partial charge in [-0.2, -0.15) is 18.2 Å². The van der Waals surface area contributed by atoms with Crippen LogP contribution in [0.2, 0.25) is 0 Å². The van der Waals surface area contributed by atoms with Gasteiger partial charge in [-0.3, -0.25) is 14.8 Å². The van der Waals surface area contributed by atoms with E-state index in [2.05, 4.69) is 9.98 Å². The van der Waals surface area contributed by atoms with Crippen molar-refractivity contribution in [1.82, 2.24) is 9.55 Å². The SMILES string of the molecule is CC(=N)O/C1=N\[C@@H]2COCCN2c2cc(=O)n3c(n2)N(C1)[C@H](C(F)(F)F)CC3. The lowest BCUT2D eigenvalue weighted by Crippen LogP contribution is -2.54. The molecule has 1 N–H and O–H groups in total. The number of hydrogen-bond acceptors (Lipinski definition) is 8. The van der Waals surface area contributed by atoms with E-state index in [4.69, 9.17) is 14.9 Å². The fourth-order valence-corrected chi connectivity index (χ4v) is 3.68. The van der Waals surface area contributed by atoms with Crippen molar-refractivity contribution < 1.29 is 22.6 Å². The van der Waals surface area contributed by atoms with Crippen molar-refractivity contribution in [2.45, 2.75) is 38.3 Å². The normalized spacial score (nSPS) is 26.4. The zero-order chi connectivity index (χ0) is 20.1. The molecule has 3 aliphatic rings. The van der Waals surface area contributed by atoms with Gasteiger partial charge in [0, 0.05) is 26.1 Å². The number of morpholine rings is 1. The highest BCUT2D eigenvalue weighted by molar-refractivity contribution is 5.92. The Hall–Kier alpha value is -2.63. The summed E-state index contributed by atoms with van der Waals surface area (Å²) in [5, 5.41) is 7.58. The van der Waals surface area contributed by atoms with Crippen molar-refractivity contribution in [3.05, 3.63) is 16.4 Å². The number of ether oxygens (including phenoxy) is 2. The van der Waals surface area contributed by atoms with Gasteiger partial charge >= 0.3 is 6.18 Å². The molecule has 28 heavy (non-hydrogen) atoms. The van der Waals surface area contributed by atoms with Crippen molar-refractivity contribution in [2.75, 3.05) is 36.1 Å². The van der Waals surface area contributed by atoms with E-state index < -0.39 is 23.9 Å². The molecule has 12 heteroatoms. The van der Waals surface area contributed by atoms with Gasteiger partial charge < -0.3 is 19.3 Å². The van der Waals surface area contributed by atoms with Crippen molar-refractivity contribution in [3.63, 3.8) is 0 Å². The molecule has 152 valence electrons. The number of anilines is 2. The number of alkyl halides is 3. The van der Waals surface area contributed by atoms with Gasteiger partial charge in [0.25, 0.3) is 5.56 Å². The molecule has 9 nitrogen and oxygen atoms in total. The summed E-state index contributed by atoms with van der Waals surface area (Å²) in [6.07, 6.45) is -5.41. The minimum absolute atomic E-state index is 0.0487. The molecule has 0 saturated carbocycles. The van der Waals surface area contributed by atoms with Gasteiger partial charge in [-0.25, -0.2) is 4.99 Å². The van der Waals surface area contributed by atoms with Crippen molar-refractivity contribution in [1.29, 1.82) is 5.41 Å². The summed E-state index contributed by atoms with van der Waals surface area (Å²) < 4.78 is 53.1. The minimum Gasteiger partial charge on any atom is -0.428 e. The predicted molar refractivity (Wildman–Crippen MR) is 94.2 cm³/mol. The Bertz CT molecular complexity index is 883. The van der Waals surface area contributed by atoms with Crippen LogP contribution >= 0.6 is 0 Å². The number of nitrogens with one attached hydrogen (secondary N) is 1. The maximum atomic E-state index is 13.7. The fourth-order valence-electron chi connectivity index (χ4n) is 3.68. The topological polar surface area (TPSA) is 96.0 Å². The lowest BCUT2D eigenvalue weighted by atomic mass is 10.1. The van der Waals surface area contributed by atoms with Gasteiger partial charge in [0.15, 0.2) is 5.90 Å².